The summed E-state index contributed by atoms with van der Waals surface area (Å²) in [5.74, 6) is 1.69. The van der Waals surface area contributed by atoms with Crippen molar-refractivity contribution in [1.29, 1.82) is 0 Å². The second-order valence-electron chi connectivity index (χ2n) is 2.75. The first-order chi connectivity index (χ1) is 4.62. The second kappa shape index (κ2) is 5.24. The molecule has 2 N–H and O–H groups in total. The van der Waals surface area contributed by atoms with Gasteiger partial charge in [0.15, 0.2) is 0 Å². The van der Waals surface area contributed by atoms with E-state index in [1.165, 1.54) is 0 Å². The molecule has 0 heterocycles. The van der Waals surface area contributed by atoms with Gasteiger partial charge in [-0.15, -0.1) is 0 Å². The molecule has 0 aromatic heterocycles. The second-order valence-corrected chi connectivity index (χ2v) is 4.05. The molecule has 4 heteroatoms. The Hall–Kier alpha value is 0.560. The van der Waals surface area contributed by atoms with E-state index < -0.39 is 0 Å². The first-order valence-electron chi connectivity index (χ1n) is 3.19. The molecule has 0 saturated carbocycles. The summed E-state index contributed by atoms with van der Waals surface area (Å²) < 4.78 is 0. The lowest BCUT2D eigenvalue weighted by atomic mass is 10.1. The third kappa shape index (κ3) is 5.35. The molecule has 0 aromatic carbocycles. The largest absolute Gasteiger partial charge is 0.396 e. The van der Waals surface area contributed by atoms with Gasteiger partial charge in [0.25, 0.3) is 0 Å². The van der Waals surface area contributed by atoms with Gasteiger partial charge in [-0.05, 0) is 25.6 Å². The predicted molar refractivity (Wildman–Crippen MR) is 47.5 cm³/mol. The fraction of sp³-hybridized carbons (Fsp3) is 1.00. The average Bonchev–Trinajstić information content (AvgIpc) is 1.89. The van der Waals surface area contributed by atoms with E-state index in [1.54, 1.807) is 11.8 Å². The Morgan fingerprint density at radius 2 is 2.20 bits per heavy atom. The van der Waals surface area contributed by atoms with Crippen molar-refractivity contribution < 1.29 is 5.11 Å². The third-order valence-corrected chi connectivity index (χ3v) is 2.86. The van der Waals surface area contributed by atoms with Crippen molar-refractivity contribution in [3.05, 3.63) is 0 Å². The lowest BCUT2D eigenvalue weighted by Gasteiger charge is -2.20. The summed E-state index contributed by atoms with van der Waals surface area (Å²) in [6.07, 6.45) is 0. The van der Waals surface area contributed by atoms with Gasteiger partial charge in [0.05, 0.1) is 6.61 Å². The van der Waals surface area contributed by atoms with Crippen molar-refractivity contribution in [2.45, 2.75) is 19.4 Å². The molecule has 0 bridgehead atoms. The molecule has 0 radical (unpaired) electrons. The van der Waals surface area contributed by atoms with Crippen LogP contribution in [0.25, 0.3) is 0 Å². The van der Waals surface area contributed by atoms with E-state index in [0.717, 1.165) is 11.5 Å². The third-order valence-electron chi connectivity index (χ3n) is 0.954. The molecule has 0 amide bonds. The molecule has 0 rings (SSSR count). The topological polar surface area (TPSA) is 32.3 Å². The van der Waals surface area contributed by atoms with Gasteiger partial charge in [-0.2, -0.15) is 11.8 Å². The Morgan fingerprint density at radius 1 is 1.60 bits per heavy atom. The zero-order valence-electron chi connectivity index (χ0n) is 6.35. The minimum Gasteiger partial charge on any atom is -0.396 e. The predicted octanol–water partition coefficient (Wildman–Crippen LogP) is 1.23. The molecule has 0 aliphatic rings. The lowest BCUT2D eigenvalue weighted by Crippen LogP contribution is -2.35. The fourth-order valence-electron chi connectivity index (χ4n) is 0.419. The van der Waals surface area contributed by atoms with Crippen LogP contribution in [0.2, 0.25) is 0 Å². The van der Waals surface area contributed by atoms with Crippen molar-refractivity contribution in [3.63, 3.8) is 0 Å². The molecule has 0 atom stereocenters. The van der Waals surface area contributed by atoms with Crippen LogP contribution >= 0.6 is 23.5 Å². The summed E-state index contributed by atoms with van der Waals surface area (Å²) in [7, 11) is 0. The molecule has 0 spiro atoms. The van der Waals surface area contributed by atoms with E-state index >= 15 is 0 Å². The Morgan fingerprint density at radius 3 is 2.60 bits per heavy atom. The van der Waals surface area contributed by atoms with Gasteiger partial charge >= 0.3 is 0 Å². The first-order valence-corrected chi connectivity index (χ1v) is 4.72. The van der Waals surface area contributed by atoms with E-state index in [1.807, 2.05) is 13.8 Å². The molecule has 0 aliphatic heterocycles. The van der Waals surface area contributed by atoms with Gasteiger partial charge in [0, 0.05) is 17.0 Å². The zero-order chi connectivity index (χ0) is 8.04. The normalized spacial score (nSPS) is 12.0. The van der Waals surface area contributed by atoms with Gasteiger partial charge in [0.2, 0.25) is 0 Å². The summed E-state index contributed by atoms with van der Waals surface area (Å²) in [6, 6.07) is 0. The highest BCUT2D eigenvalue weighted by molar-refractivity contribution is 7.99. The monoisotopic (exact) mass is 183 g/mol. The van der Waals surface area contributed by atoms with E-state index in [2.05, 4.69) is 4.84 Å². The van der Waals surface area contributed by atoms with E-state index in [0.29, 0.717) is 0 Å². The number of aliphatic hydroxyl groups is 1. The van der Waals surface area contributed by atoms with Crippen LogP contribution in [0.5, 0.6) is 0 Å². The van der Waals surface area contributed by atoms with Crippen LogP contribution in [0.4, 0.5) is 0 Å². The van der Waals surface area contributed by atoms with Gasteiger partial charge in [-0.25, -0.2) is 4.84 Å². The van der Waals surface area contributed by atoms with E-state index in [-0.39, 0.29) is 12.1 Å². The Kier molecular flexibility index (Phi) is 5.54. The van der Waals surface area contributed by atoms with Crippen molar-refractivity contribution in [2.24, 2.45) is 0 Å². The van der Waals surface area contributed by atoms with Crippen LogP contribution in [0.3, 0.4) is 0 Å². The van der Waals surface area contributed by atoms with Gasteiger partial charge in [-0.1, -0.05) is 0 Å². The molecule has 0 fully saturated rings. The van der Waals surface area contributed by atoms with Crippen molar-refractivity contribution in [2.75, 3.05) is 18.1 Å². The Bertz CT molecular complexity index is 89.8. The quantitative estimate of drug-likeness (QED) is 0.497. The average molecular weight is 184 g/mol. The highest BCUT2D eigenvalue weighted by atomic mass is 35.5. The number of hydrogen-bond donors (Lipinski definition) is 2. The Balaban J connectivity index is 3.28. The molecule has 10 heavy (non-hydrogen) atoms. The van der Waals surface area contributed by atoms with E-state index in [9.17, 15) is 0 Å². The van der Waals surface area contributed by atoms with Crippen LogP contribution in [0, 0.1) is 0 Å². The van der Waals surface area contributed by atoms with Crippen LogP contribution in [-0.2, 0) is 0 Å². The number of halogens is 1. The van der Waals surface area contributed by atoms with Crippen molar-refractivity contribution >= 4 is 23.5 Å². The molecular weight excluding hydrogens is 170 g/mol. The highest BCUT2D eigenvalue weighted by Crippen LogP contribution is 2.12. The standard InChI is InChI=1S/C6H14ClNOS/c1-6(2,8-7)5-10-4-3-9/h8-9H,3-5H2,1-2H3. The van der Waals surface area contributed by atoms with Crippen LogP contribution in [0.1, 0.15) is 13.8 Å². The Labute approximate surface area is 71.4 Å². The number of hydrogen-bond acceptors (Lipinski definition) is 3. The number of nitrogens with one attached hydrogen (secondary N) is 1. The smallest absolute Gasteiger partial charge is 0.0521 e. The van der Waals surface area contributed by atoms with E-state index in [4.69, 9.17) is 16.9 Å². The lowest BCUT2D eigenvalue weighted by molar-refractivity contribution is 0.322. The van der Waals surface area contributed by atoms with Crippen molar-refractivity contribution in [3.8, 4) is 0 Å². The van der Waals surface area contributed by atoms with Gasteiger partial charge in [0.1, 0.15) is 0 Å². The number of aliphatic hydroxyl groups excluding tert-OH is 1. The highest BCUT2D eigenvalue weighted by Gasteiger charge is 2.14. The summed E-state index contributed by atoms with van der Waals surface area (Å²) >= 11 is 7.13. The molecule has 0 aliphatic carbocycles. The number of rotatable bonds is 5. The molecule has 0 unspecified atom stereocenters. The first kappa shape index (κ1) is 10.6. The summed E-state index contributed by atoms with van der Waals surface area (Å²) in [4.78, 5) is 2.67. The maximum atomic E-state index is 8.46. The maximum Gasteiger partial charge on any atom is 0.0521 e. The summed E-state index contributed by atoms with van der Waals surface area (Å²) in [6.45, 7) is 4.28. The van der Waals surface area contributed by atoms with Gasteiger partial charge in [-0.3, -0.25) is 0 Å². The molecule has 2 nitrogen and oxygen atoms in total. The molecule has 0 aromatic rings. The number of thioether (sulfide) groups is 1. The summed E-state index contributed by atoms with van der Waals surface area (Å²) in [5.41, 5.74) is -0.0403. The minimum atomic E-state index is -0.0403. The fourth-order valence-corrected chi connectivity index (χ4v) is 1.42. The van der Waals surface area contributed by atoms with Gasteiger partial charge < -0.3 is 5.11 Å². The van der Waals surface area contributed by atoms with Crippen molar-refractivity contribution in [1.82, 2.24) is 4.84 Å². The van der Waals surface area contributed by atoms with Crippen LogP contribution < -0.4 is 4.84 Å². The SMILES string of the molecule is CC(C)(CSCCO)NCl. The maximum absolute atomic E-state index is 8.46. The van der Waals surface area contributed by atoms with Crippen LogP contribution in [0.15, 0.2) is 0 Å². The molecule has 0 saturated heterocycles. The molecular formula is C6H14ClNOS. The summed E-state index contributed by atoms with van der Waals surface area (Å²) in [5, 5.41) is 8.46. The zero-order valence-corrected chi connectivity index (χ0v) is 7.93. The minimum absolute atomic E-state index is 0.0403. The molecule has 62 valence electrons. The van der Waals surface area contributed by atoms with Crippen LogP contribution in [-0.4, -0.2) is 28.8 Å².